The van der Waals surface area contributed by atoms with E-state index in [4.69, 9.17) is 4.74 Å². The van der Waals surface area contributed by atoms with Gasteiger partial charge < -0.3 is 14.2 Å². The summed E-state index contributed by atoms with van der Waals surface area (Å²) in [6, 6.07) is 10.2. The summed E-state index contributed by atoms with van der Waals surface area (Å²) in [6.07, 6.45) is 3.92. The van der Waals surface area contributed by atoms with Crippen LogP contribution in [0.15, 0.2) is 36.5 Å². The maximum Gasteiger partial charge on any atom is 0.308 e. The predicted octanol–water partition coefficient (Wildman–Crippen LogP) is 2.44. The highest BCUT2D eigenvalue weighted by molar-refractivity contribution is 5.81. The van der Waals surface area contributed by atoms with Gasteiger partial charge in [0.25, 0.3) is 0 Å². The fourth-order valence-corrected chi connectivity index (χ4v) is 3.24. The standard InChI is InChI=1S/C18H22N2O3/c1-23-18(22)15-7-11-20(12-8-15)17(21)9-13-19-10-6-14-4-2-3-5-16(14)19/h2-6,10,15H,7-9,11-13H2,1H3. The van der Waals surface area contributed by atoms with Crippen molar-refractivity contribution in [2.24, 2.45) is 5.92 Å². The molecule has 1 aliphatic rings. The van der Waals surface area contributed by atoms with E-state index in [1.54, 1.807) is 0 Å². The third-order valence-corrected chi connectivity index (χ3v) is 4.63. The Morgan fingerprint density at radius 3 is 2.65 bits per heavy atom. The van der Waals surface area contributed by atoms with Crippen molar-refractivity contribution in [1.29, 1.82) is 0 Å². The first kappa shape index (κ1) is 15.6. The largest absolute Gasteiger partial charge is 0.469 e. The molecule has 122 valence electrons. The molecule has 0 aliphatic carbocycles. The van der Waals surface area contributed by atoms with Gasteiger partial charge in [0.2, 0.25) is 5.91 Å². The van der Waals surface area contributed by atoms with Crippen LogP contribution in [0.4, 0.5) is 0 Å². The van der Waals surface area contributed by atoms with Crippen molar-refractivity contribution in [3.05, 3.63) is 36.5 Å². The van der Waals surface area contributed by atoms with Gasteiger partial charge in [-0.15, -0.1) is 0 Å². The number of hydrogen-bond donors (Lipinski definition) is 0. The second kappa shape index (κ2) is 6.86. The molecule has 0 radical (unpaired) electrons. The third kappa shape index (κ3) is 3.38. The number of methoxy groups -OCH3 is 1. The summed E-state index contributed by atoms with van der Waals surface area (Å²) >= 11 is 0. The van der Waals surface area contributed by atoms with Crippen molar-refractivity contribution in [1.82, 2.24) is 9.47 Å². The Morgan fingerprint density at radius 1 is 1.17 bits per heavy atom. The number of aryl methyl sites for hydroxylation is 1. The van der Waals surface area contributed by atoms with Crippen molar-refractivity contribution in [2.75, 3.05) is 20.2 Å². The number of nitrogens with zero attached hydrogens (tertiary/aromatic N) is 2. The summed E-state index contributed by atoms with van der Waals surface area (Å²) in [4.78, 5) is 25.8. The van der Waals surface area contributed by atoms with Crippen LogP contribution in [0.1, 0.15) is 19.3 Å². The lowest BCUT2D eigenvalue weighted by Crippen LogP contribution is -2.40. The first-order valence-electron chi connectivity index (χ1n) is 8.08. The molecule has 2 heterocycles. The minimum absolute atomic E-state index is 0.0579. The molecular weight excluding hydrogens is 292 g/mol. The van der Waals surface area contributed by atoms with Crippen LogP contribution in [0.2, 0.25) is 0 Å². The molecule has 1 aromatic heterocycles. The number of carbonyl (C=O) groups is 2. The third-order valence-electron chi connectivity index (χ3n) is 4.63. The number of benzene rings is 1. The van der Waals surface area contributed by atoms with Crippen LogP contribution in [0, 0.1) is 5.92 Å². The van der Waals surface area contributed by atoms with Crippen LogP contribution in [-0.4, -0.2) is 41.5 Å². The van der Waals surface area contributed by atoms with Crippen molar-refractivity contribution in [3.8, 4) is 0 Å². The molecule has 0 unspecified atom stereocenters. The lowest BCUT2D eigenvalue weighted by Gasteiger charge is -2.30. The van der Waals surface area contributed by atoms with E-state index < -0.39 is 0 Å². The lowest BCUT2D eigenvalue weighted by molar-refractivity contribution is -0.148. The maximum atomic E-state index is 12.4. The zero-order valence-electron chi connectivity index (χ0n) is 13.4. The number of para-hydroxylation sites is 1. The number of fused-ring (bicyclic) bond motifs is 1. The topological polar surface area (TPSA) is 51.5 Å². The van der Waals surface area contributed by atoms with Crippen LogP contribution >= 0.6 is 0 Å². The summed E-state index contributed by atoms with van der Waals surface area (Å²) in [5.41, 5.74) is 1.16. The predicted molar refractivity (Wildman–Crippen MR) is 87.9 cm³/mol. The van der Waals surface area contributed by atoms with Gasteiger partial charge in [0.1, 0.15) is 0 Å². The van der Waals surface area contributed by atoms with Gasteiger partial charge >= 0.3 is 5.97 Å². The molecule has 1 fully saturated rings. The molecule has 0 spiro atoms. The first-order valence-corrected chi connectivity index (χ1v) is 8.08. The summed E-state index contributed by atoms with van der Waals surface area (Å²) < 4.78 is 6.90. The molecule has 5 heteroatoms. The molecule has 1 aromatic carbocycles. The number of hydrogen-bond acceptors (Lipinski definition) is 3. The number of amides is 1. The fraction of sp³-hybridized carbons (Fsp3) is 0.444. The van der Waals surface area contributed by atoms with E-state index in [2.05, 4.69) is 22.8 Å². The van der Waals surface area contributed by atoms with Gasteiger partial charge in [-0.25, -0.2) is 0 Å². The Morgan fingerprint density at radius 2 is 1.91 bits per heavy atom. The average Bonchev–Trinajstić information content (AvgIpc) is 3.02. The van der Waals surface area contributed by atoms with Gasteiger partial charge in [-0.1, -0.05) is 18.2 Å². The smallest absolute Gasteiger partial charge is 0.308 e. The Balaban J connectivity index is 1.53. The number of rotatable bonds is 4. The van der Waals surface area contributed by atoms with Crippen molar-refractivity contribution in [2.45, 2.75) is 25.8 Å². The number of ether oxygens (including phenoxy) is 1. The van der Waals surface area contributed by atoms with Crippen LogP contribution in [0.3, 0.4) is 0 Å². The molecule has 3 rings (SSSR count). The number of esters is 1. The number of aromatic nitrogens is 1. The highest BCUT2D eigenvalue weighted by Crippen LogP contribution is 2.20. The Labute approximate surface area is 135 Å². The average molecular weight is 314 g/mol. The number of likely N-dealkylation sites (tertiary alicyclic amines) is 1. The minimum atomic E-state index is -0.157. The highest BCUT2D eigenvalue weighted by atomic mass is 16.5. The van der Waals surface area contributed by atoms with Gasteiger partial charge in [0, 0.05) is 37.8 Å². The number of carbonyl (C=O) groups excluding carboxylic acids is 2. The second-order valence-corrected chi connectivity index (χ2v) is 6.00. The molecule has 0 N–H and O–H groups in total. The first-order chi connectivity index (χ1) is 11.2. The van der Waals surface area contributed by atoms with Gasteiger partial charge in [0.15, 0.2) is 0 Å². The summed E-state index contributed by atoms with van der Waals surface area (Å²) in [5.74, 6) is -0.0561. The van der Waals surface area contributed by atoms with E-state index in [9.17, 15) is 9.59 Å². The van der Waals surface area contributed by atoms with Crippen LogP contribution in [0.5, 0.6) is 0 Å². The number of piperidine rings is 1. The molecule has 0 bridgehead atoms. The van der Waals surface area contributed by atoms with Gasteiger partial charge in [-0.05, 0) is 30.4 Å². The van der Waals surface area contributed by atoms with E-state index in [0.717, 1.165) is 5.52 Å². The molecular formula is C18H22N2O3. The highest BCUT2D eigenvalue weighted by Gasteiger charge is 2.27. The molecule has 23 heavy (non-hydrogen) atoms. The molecule has 1 saturated heterocycles. The van der Waals surface area contributed by atoms with Crippen molar-refractivity contribution >= 4 is 22.8 Å². The quantitative estimate of drug-likeness (QED) is 0.815. The van der Waals surface area contributed by atoms with Gasteiger partial charge in [0.05, 0.1) is 13.0 Å². The summed E-state index contributed by atoms with van der Waals surface area (Å²) in [5, 5.41) is 1.19. The van der Waals surface area contributed by atoms with Crippen molar-refractivity contribution < 1.29 is 14.3 Å². The molecule has 2 aromatic rings. The zero-order chi connectivity index (χ0) is 16.2. The lowest BCUT2D eigenvalue weighted by atomic mass is 9.97. The molecule has 0 saturated carbocycles. The second-order valence-electron chi connectivity index (χ2n) is 6.00. The Bertz CT molecular complexity index is 699. The summed E-state index contributed by atoms with van der Waals surface area (Å²) in [7, 11) is 1.42. The van der Waals surface area contributed by atoms with Crippen LogP contribution in [0.25, 0.3) is 10.9 Å². The molecule has 1 aliphatic heterocycles. The van der Waals surface area contributed by atoms with Gasteiger partial charge in [-0.2, -0.15) is 0 Å². The van der Waals surface area contributed by atoms with E-state index in [1.807, 2.05) is 23.2 Å². The molecule has 5 nitrogen and oxygen atoms in total. The molecule has 1 amide bonds. The summed E-state index contributed by atoms with van der Waals surface area (Å²) in [6.45, 7) is 1.97. The van der Waals surface area contributed by atoms with Crippen LogP contribution in [-0.2, 0) is 20.9 Å². The van der Waals surface area contributed by atoms with E-state index in [0.29, 0.717) is 38.9 Å². The fourth-order valence-electron chi connectivity index (χ4n) is 3.24. The van der Waals surface area contributed by atoms with Crippen molar-refractivity contribution in [3.63, 3.8) is 0 Å². The zero-order valence-corrected chi connectivity index (χ0v) is 13.4. The van der Waals surface area contributed by atoms with E-state index in [-0.39, 0.29) is 17.8 Å². The monoisotopic (exact) mass is 314 g/mol. The van der Waals surface area contributed by atoms with E-state index in [1.165, 1.54) is 12.5 Å². The SMILES string of the molecule is COC(=O)C1CCN(C(=O)CCn2ccc3ccccc32)CC1. The molecule has 0 atom stereocenters. The minimum Gasteiger partial charge on any atom is -0.469 e. The normalized spacial score (nSPS) is 15.8. The van der Waals surface area contributed by atoms with Gasteiger partial charge in [-0.3, -0.25) is 9.59 Å². The Kier molecular flexibility index (Phi) is 4.65. The Hall–Kier alpha value is -2.30. The van der Waals surface area contributed by atoms with Crippen LogP contribution < -0.4 is 0 Å². The van der Waals surface area contributed by atoms with E-state index >= 15 is 0 Å². The maximum absolute atomic E-state index is 12.4.